The van der Waals surface area contributed by atoms with E-state index < -0.39 is 0 Å². The molecule has 0 spiro atoms. The molecule has 3 rings (SSSR count). The summed E-state index contributed by atoms with van der Waals surface area (Å²) in [5.74, 6) is 0. The first-order valence-electron chi connectivity index (χ1n) is 10.2. The third-order valence-corrected chi connectivity index (χ3v) is 5.20. The highest BCUT2D eigenvalue weighted by Crippen LogP contribution is 2.31. The van der Waals surface area contributed by atoms with Gasteiger partial charge in [-0.25, -0.2) is 4.98 Å². The summed E-state index contributed by atoms with van der Waals surface area (Å²) < 4.78 is 2.33. The van der Waals surface area contributed by atoms with Crippen molar-refractivity contribution in [1.29, 1.82) is 0 Å². The molecule has 0 aliphatic carbocycles. The molecule has 2 aromatic carbocycles. The van der Waals surface area contributed by atoms with Crippen molar-refractivity contribution in [3.8, 4) is 22.5 Å². The first kappa shape index (κ1) is 19.4. The molecule has 0 amide bonds. The van der Waals surface area contributed by atoms with E-state index in [0.29, 0.717) is 0 Å². The maximum Gasteiger partial charge on any atom is 0.0963 e. The first-order chi connectivity index (χ1) is 13.3. The molecule has 0 aliphatic heterocycles. The minimum atomic E-state index is 1.02. The van der Waals surface area contributed by atoms with Gasteiger partial charge >= 0.3 is 0 Å². The van der Waals surface area contributed by atoms with Gasteiger partial charge in [0, 0.05) is 17.7 Å². The summed E-state index contributed by atoms with van der Waals surface area (Å²) in [6.07, 6.45) is 5.72. The number of imidazole rings is 1. The van der Waals surface area contributed by atoms with Gasteiger partial charge in [0.05, 0.1) is 17.7 Å². The van der Waals surface area contributed by atoms with Crippen molar-refractivity contribution in [2.45, 2.75) is 39.7 Å². The maximum atomic E-state index is 4.77. The van der Waals surface area contributed by atoms with Crippen molar-refractivity contribution in [3.05, 3.63) is 67.0 Å². The molecule has 0 fully saturated rings. The lowest BCUT2D eigenvalue weighted by atomic mass is 10.0. The Kier molecular flexibility index (Phi) is 7.23. The number of unbranched alkanes of at least 4 members (excludes halogenated alkanes) is 2. The fourth-order valence-corrected chi connectivity index (χ4v) is 3.59. The van der Waals surface area contributed by atoms with Gasteiger partial charge in [-0.1, -0.05) is 80.9 Å². The monoisotopic (exact) mass is 361 g/mol. The molecular formula is C24H31N3. The number of rotatable bonds is 10. The highest BCUT2D eigenvalue weighted by Gasteiger charge is 2.14. The highest BCUT2D eigenvalue weighted by molar-refractivity contribution is 5.78. The van der Waals surface area contributed by atoms with Crippen LogP contribution >= 0.6 is 0 Å². The molecule has 142 valence electrons. The van der Waals surface area contributed by atoms with E-state index >= 15 is 0 Å². The summed E-state index contributed by atoms with van der Waals surface area (Å²) in [5.41, 5.74) is 4.71. The molecule has 3 heteroatoms. The molecule has 0 unspecified atom stereocenters. The second kappa shape index (κ2) is 10.1. The summed E-state index contributed by atoms with van der Waals surface area (Å²) in [6.45, 7) is 9.01. The lowest BCUT2D eigenvalue weighted by Crippen LogP contribution is -2.23. The van der Waals surface area contributed by atoms with E-state index in [9.17, 15) is 0 Å². The number of nitrogens with zero attached hydrogens (tertiary/aromatic N) is 3. The smallest absolute Gasteiger partial charge is 0.0963 e. The summed E-state index contributed by atoms with van der Waals surface area (Å²) in [6, 6.07) is 21.1. The summed E-state index contributed by atoms with van der Waals surface area (Å²) in [5, 5.41) is 0. The topological polar surface area (TPSA) is 21.1 Å². The fourth-order valence-electron chi connectivity index (χ4n) is 3.59. The van der Waals surface area contributed by atoms with Crippen molar-refractivity contribution >= 4 is 0 Å². The van der Waals surface area contributed by atoms with Crippen molar-refractivity contribution < 1.29 is 0 Å². The zero-order chi connectivity index (χ0) is 18.9. The average molecular weight is 362 g/mol. The fraction of sp³-hybridized carbons (Fsp3) is 0.375. The molecule has 3 nitrogen and oxygen atoms in total. The van der Waals surface area contributed by atoms with Crippen molar-refractivity contribution in [2.24, 2.45) is 0 Å². The molecule has 0 saturated heterocycles. The summed E-state index contributed by atoms with van der Waals surface area (Å²) in [4.78, 5) is 7.27. The minimum absolute atomic E-state index is 1.02. The van der Waals surface area contributed by atoms with Crippen molar-refractivity contribution in [3.63, 3.8) is 0 Å². The summed E-state index contributed by atoms with van der Waals surface area (Å²) in [7, 11) is 0. The largest absolute Gasteiger partial charge is 0.330 e. The van der Waals surface area contributed by atoms with Gasteiger partial charge in [0.15, 0.2) is 0 Å². The molecular weight excluding hydrogens is 330 g/mol. The molecule has 0 saturated carbocycles. The quantitative estimate of drug-likeness (QED) is 0.430. The average Bonchev–Trinajstić information content (AvgIpc) is 3.16. The molecule has 0 bridgehead atoms. The predicted octanol–water partition coefficient (Wildman–Crippen LogP) is 5.73. The van der Waals surface area contributed by atoms with Crippen LogP contribution in [0.3, 0.4) is 0 Å². The van der Waals surface area contributed by atoms with Gasteiger partial charge in [-0.15, -0.1) is 0 Å². The molecule has 0 N–H and O–H groups in total. The Morgan fingerprint density at radius 1 is 0.778 bits per heavy atom. The van der Waals surface area contributed by atoms with Gasteiger partial charge in [0.25, 0.3) is 0 Å². The number of benzene rings is 2. The highest BCUT2D eigenvalue weighted by atomic mass is 15.1. The number of hydrogen-bond donors (Lipinski definition) is 0. The van der Waals surface area contributed by atoms with Crippen LogP contribution in [0.5, 0.6) is 0 Å². The van der Waals surface area contributed by atoms with Crippen molar-refractivity contribution in [1.82, 2.24) is 14.5 Å². The lowest BCUT2D eigenvalue weighted by Gasteiger charge is -2.17. The van der Waals surface area contributed by atoms with Gasteiger partial charge in [0.2, 0.25) is 0 Å². The third kappa shape index (κ3) is 5.08. The number of aromatic nitrogens is 2. The Morgan fingerprint density at radius 3 is 2.04 bits per heavy atom. The zero-order valence-corrected chi connectivity index (χ0v) is 16.6. The Bertz CT molecular complexity index is 789. The Hall–Kier alpha value is -2.39. The van der Waals surface area contributed by atoms with Crippen LogP contribution in [0.15, 0.2) is 67.0 Å². The van der Waals surface area contributed by atoms with E-state index in [0.717, 1.165) is 25.3 Å². The minimum Gasteiger partial charge on any atom is -0.330 e. The van der Waals surface area contributed by atoms with Crippen LogP contribution in [-0.2, 0) is 6.54 Å². The van der Waals surface area contributed by atoms with E-state index in [4.69, 9.17) is 4.98 Å². The standard InChI is InChI=1S/C24H31N3/c1-3-26(4-2)18-12-7-13-19-27-20-25-23(21-14-8-5-9-15-21)24(27)22-16-10-6-11-17-22/h5-6,8-11,14-17,20H,3-4,7,12-13,18-19H2,1-2H3. The van der Waals surface area contributed by atoms with Crippen LogP contribution in [-0.4, -0.2) is 34.1 Å². The van der Waals surface area contributed by atoms with E-state index in [1.54, 1.807) is 0 Å². The Balaban J connectivity index is 1.73. The molecule has 0 radical (unpaired) electrons. The summed E-state index contributed by atoms with van der Waals surface area (Å²) >= 11 is 0. The lowest BCUT2D eigenvalue weighted by molar-refractivity contribution is 0.295. The van der Waals surface area contributed by atoms with Gasteiger partial charge in [-0.2, -0.15) is 0 Å². The SMILES string of the molecule is CCN(CC)CCCCCn1cnc(-c2ccccc2)c1-c1ccccc1. The van der Waals surface area contributed by atoms with Crippen LogP contribution in [0, 0.1) is 0 Å². The van der Waals surface area contributed by atoms with Crippen LogP contribution < -0.4 is 0 Å². The normalized spacial score (nSPS) is 11.2. The van der Waals surface area contributed by atoms with Crippen LogP contribution in [0.4, 0.5) is 0 Å². The van der Waals surface area contributed by atoms with Gasteiger partial charge in [-0.05, 0) is 32.5 Å². The maximum absolute atomic E-state index is 4.77. The number of hydrogen-bond acceptors (Lipinski definition) is 2. The molecule has 0 aliphatic rings. The number of aryl methyl sites for hydroxylation is 1. The second-order valence-corrected chi connectivity index (χ2v) is 6.95. The van der Waals surface area contributed by atoms with Gasteiger partial charge in [-0.3, -0.25) is 0 Å². The predicted molar refractivity (Wildman–Crippen MR) is 115 cm³/mol. The van der Waals surface area contributed by atoms with E-state index in [-0.39, 0.29) is 0 Å². The van der Waals surface area contributed by atoms with E-state index in [1.807, 2.05) is 6.33 Å². The molecule has 27 heavy (non-hydrogen) atoms. The van der Waals surface area contributed by atoms with E-state index in [2.05, 4.69) is 84.0 Å². The van der Waals surface area contributed by atoms with Crippen molar-refractivity contribution in [2.75, 3.05) is 19.6 Å². The van der Waals surface area contributed by atoms with Gasteiger partial charge in [0.1, 0.15) is 0 Å². The molecule has 1 aromatic heterocycles. The van der Waals surface area contributed by atoms with Crippen LogP contribution in [0.25, 0.3) is 22.5 Å². The van der Waals surface area contributed by atoms with Crippen LogP contribution in [0.2, 0.25) is 0 Å². The molecule has 1 heterocycles. The third-order valence-electron chi connectivity index (χ3n) is 5.20. The molecule has 0 atom stereocenters. The molecule has 3 aromatic rings. The zero-order valence-electron chi connectivity index (χ0n) is 16.6. The first-order valence-corrected chi connectivity index (χ1v) is 10.2. The van der Waals surface area contributed by atoms with Crippen LogP contribution in [0.1, 0.15) is 33.1 Å². The second-order valence-electron chi connectivity index (χ2n) is 6.95. The Labute approximate surface area is 163 Å². The van der Waals surface area contributed by atoms with E-state index in [1.165, 1.54) is 42.6 Å². The Morgan fingerprint density at radius 2 is 1.41 bits per heavy atom. The van der Waals surface area contributed by atoms with Gasteiger partial charge < -0.3 is 9.47 Å².